The van der Waals surface area contributed by atoms with Gasteiger partial charge in [0.05, 0.1) is 16.6 Å². The van der Waals surface area contributed by atoms with E-state index in [0.29, 0.717) is 17.1 Å². The topological polar surface area (TPSA) is 77.3 Å². The molecule has 16 heteroatoms. The fourth-order valence-electron chi connectivity index (χ4n) is 15.0. The maximum Gasteiger partial charge on any atom is 0.0602 e. The van der Waals surface area contributed by atoms with Crippen LogP contribution in [0, 0.1) is 84.0 Å². The molecule has 0 spiro atoms. The van der Waals surface area contributed by atoms with E-state index in [1.807, 2.05) is 115 Å². The molecule has 0 saturated carbocycles. The van der Waals surface area contributed by atoms with Crippen molar-refractivity contribution < 1.29 is 91.0 Å². The Morgan fingerprint density at radius 1 is 0.241 bits per heavy atom. The average Bonchev–Trinajstić information content (AvgIpc) is 0.776. The number of benzene rings is 14. The van der Waals surface area contributed by atoms with E-state index in [2.05, 4.69) is 315 Å². The standard InChI is InChI=1S/C27H17FN.C27H18N.C22H16N.3C15H14F2N.3Ir/c28-23-14-11-21(12-15-23)27-18-24(20-9-5-2-6-10-20)25-17-22(13-16-26(25)29-27)19-7-3-1-4-8-19;1-4-10-20(11-5-1)23-16-17-26-25(18-23)24(21-12-6-2-7-13-21)19-27(28-26)22-14-8-3-9-15-22;1-16-6-5-9-19(14-16)21-13-11-20-15-18(10-12-22(20)23-21)17-7-3-2-4-8-17;3*1-15(2,3)10-6-7-18-14(8-10)12-5-4-11(16)9-13(12)17;;;/h1-11,13-18H;1-14,16-19H;2-8,10-15H,1H3;3*4,6-9H,1-3H3;;;/q6*-1;;;. The second-order valence-corrected chi connectivity index (χ2v) is 35.1. The number of pyridine rings is 6. The molecule has 6 nitrogen and oxygen atoms in total. The third-order valence-corrected chi connectivity index (χ3v) is 22.3. The van der Waals surface area contributed by atoms with E-state index in [-0.39, 0.29) is 99.1 Å². The molecule has 6 aromatic heterocycles. The molecule has 137 heavy (non-hydrogen) atoms. The molecule has 0 bridgehead atoms. The Kier molecular flexibility index (Phi) is 34.8. The van der Waals surface area contributed by atoms with Crippen LogP contribution in [0.2, 0.25) is 0 Å². The van der Waals surface area contributed by atoms with Gasteiger partial charge in [-0.25, -0.2) is 0 Å². The molecule has 6 heterocycles. The Morgan fingerprint density at radius 3 is 0.949 bits per heavy atom. The summed E-state index contributed by atoms with van der Waals surface area (Å²) in [6.07, 6.45) is 4.89. The van der Waals surface area contributed by atoms with Crippen molar-refractivity contribution in [3.63, 3.8) is 0 Å². The van der Waals surface area contributed by atoms with E-state index in [4.69, 9.17) is 15.0 Å². The van der Waals surface area contributed by atoms with Crippen LogP contribution in [0.4, 0.5) is 30.7 Å². The first-order chi connectivity index (χ1) is 64.6. The SMILES string of the molecule is CC(C)(C)c1ccnc(-c2[c-]cc(F)cc2F)c1.CC(C)(C)c1ccnc(-c2[c-]cc(F)cc2F)c1.CC(C)(C)c1ccnc(-c2[c-]cc(F)cc2F)c1.Cc1cc[c-]c(-c2ccc3cc(-c4ccccc4)ccc3n2)c1.Fc1c[c-]c(-c2cc(-c3ccccc3)c3cc(-c4ccccc4)ccc3n2)cc1.[Ir].[Ir].[Ir].[c-]1ccccc1-c1cc(-c2ccccc2)c2cc(-c3ccccc3)ccc2n1. The zero-order chi connectivity index (χ0) is 94.0. The number of hydrogen-bond acceptors (Lipinski definition) is 6. The Bertz CT molecular complexity index is 7200. The Labute approximate surface area is 837 Å². The van der Waals surface area contributed by atoms with Crippen LogP contribution in [0.1, 0.15) is 84.6 Å². The van der Waals surface area contributed by atoms with Gasteiger partial charge in [-0.3, -0.25) is 45.7 Å². The van der Waals surface area contributed by atoms with Crippen LogP contribution >= 0.6 is 0 Å². The van der Waals surface area contributed by atoms with E-state index in [1.165, 1.54) is 56.6 Å². The van der Waals surface area contributed by atoms with E-state index >= 15 is 0 Å². The monoisotopic (exact) mass is 2340 g/mol. The van der Waals surface area contributed by atoms with Gasteiger partial charge in [0.2, 0.25) is 0 Å². The minimum atomic E-state index is -0.645. The van der Waals surface area contributed by atoms with Crippen LogP contribution in [-0.2, 0) is 76.6 Å². The van der Waals surface area contributed by atoms with Crippen molar-refractivity contribution >= 4 is 32.7 Å². The van der Waals surface area contributed by atoms with Crippen LogP contribution in [0.5, 0.6) is 0 Å². The molecular formula is C121H93F7Ir3N6-6. The van der Waals surface area contributed by atoms with Crippen LogP contribution in [-0.4, -0.2) is 29.9 Å². The van der Waals surface area contributed by atoms with Crippen molar-refractivity contribution in [2.24, 2.45) is 0 Å². The van der Waals surface area contributed by atoms with E-state index < -0.39 is 34.9 Å². The molecule has 0 aliphatic heterocycles. The van der Waals surface area contributed by atoms with E-state index in [0.717, 1.165) is 136 Å². The summed E-state index contributed by atoms with van der Waals surface area (Å²) < 4.78 is 92.8. The van der Waals surface area contributed by atoms with Crippen LogP contribution in [0.15, 0.2) is 383 Å². The number of hydrogen-bond donors (Lipinski definition) is 0. The summed E-state index contributed by atoms with van der Waals surface area (Å²) >= 11 is 0. The molecule has 14 aromatic carbocycles. The second kappa shape index (κ2) is 46.6. The van der Waals surface area contributed by atoms with Crippen molar-refractivity contribution in [3.05, 3.63) is 482 Å². The molecule has 0 aliphatic rings. The third kappa shape index (κ3) is 26.7. The van der Waals surface area contributed by atoms with Gasteiger partial charge in [0, 0.05) is 130 Å². The van der Waals surface area contributed by atoms with Crippen molar-refractivity contribution in [1.82, 2.24) is 29.9 Å². The maximum atomic E-state index is 13.7. The van der Waals surface area contributed by atoms with Gasteiger partial charge >= 0.3 is 0 Å². The molecule has 0 aliphatic carbocycles. The number of aryl methyl sites for hydroxylation is 1. The zero-order valence-corrected chi connectivity index (χ0v) is 83.9. The summed E-state index contributed by atoms with van der Waals surface area (Å²) in [7, 11) is 0. The van der Waals surface area contributed by atoms with Gasteiger partial charge in [0.1, 0.15) is 0 Å². The molecule has 0 atom stereocenters. The number of fused-ring (bicyclic) bond motifs is 3. The summed E-state index contributed by atoms with van der Waals surface area (Å²) in [5.41, 5.74) is 26.4. The van der Waals surface area contributed by atoms with Gasteiger partial charge < -0.3 is 15.0 Å². The molecule has 0 amide bonds. The van der Waals surface area contributed by atoms with Gasteiger partial charge in [-0.2, -0.15) is 0 Å². The maximum absolute atomic E-state index is 13.7. The van der Waals surface area contributed by atoms with Crippen molar-refractivity contribution in [2.75, 3.05) is 0 Å². The van der Waals surface area contributed by atoms with Gasteiger partial charge in [0.25, 0.3) is 0 Å². The molecule has 0 N–H and O–H groups in total. The number of halogens is 7. The zero-order valence-electron chi connectivity index (χ0n) is 76.7. The molecule has 0 saturated heterocycles. The molecule has 3 radical (unpaired) electrons. The van der Waals surface area contributed by atoms with Gasteiger partial charge in [0.15, 0.2) is 0 Å². The molecule has 20 rings (SSSR count). The molecule has 0 unspecified atom stereocenters. The summed E-state index contributed by atoms with van der Waals surface area (Å²) in [5, 5.41) is 3.40. The molecular weight excluding hydrogens is 2250 g/mol. The first-order valence-electron chi connectivity index (χ1n) is 43.8. The summed E-state index contributed by atoms with van der Waals surface area (Å²) in [5.74, 6) is -4.14. The predicted octanol–water partition coefficient (Wildman–Crippen LogP) is 32.3. The predicted molar refractivity (Wildman–Crippen MR) is 531 cm³/mol. The fraction of sp³-hybridized carbons (Fsp3) is 0.107. The minimum Gasteiger partial charge on any atom is -0.305 e. The van der Waals surface area contributed by atoms with Crippen LogP contribution < -0.4 is 0 Å². The molecule has 20 aromatic rings. The third-order valence-electron chi connectivity index (χ3n) is 22.3. The molecule has 689 valence electrons. The smallest absolute Gasteiger partial charge is 0.0602 e. The summed E-state index contributed by atoms with van der Waals surface area (Å²) in [6.45, 7) is 20.7. The van der Waals surface area contributed by atoms with Gasteiger partial charge in [-0.05, 0) is 183 Å². The van der Waals surface area contributed by atoms with E-state index in [1.54, 1.807) is 24.7 Å². The second-order valence-electron chi connectivity index (χ2n) is 35.1. The van der Waals surface area contributed by atoms with Gasteiger partial charge in [-0.15, -0.1) is 138 Å². The summed E-state index contributed by atoms with van der Waals surface area (Å²) in [6, 6.07) is 133. The largest absolute Gasteiger partial charge is 0.305 e. The fourth-order valence-corrected chi connectivity index (χ4v) is 15.0. The number of nitrogens with zero attached hydrogens (tertiary/aromatic N) is 6. The molecule has 0 fully saturated rings. The summed E-state index contributed by atoms with van der Waals surface area (Å²) in [4.78, 5) is 26.9. The van der Waals surface area contributed by atoms with Gasteiger partial charge in [-0.1, -0.05) is 316 Å². The first kappa shape index (κ1) is 102. The minimum absolute atomic E-state index is 0. The Balaban J connectivity index is 0.000000149. The van der Waals surface area contributed by atoms with Crippen LogP contribution in [0.25, 0.3) is 156 Å². The quantitative estimate of drug-likeness (QED) is 0.0949. The Hall–Kier alpha value is -13.8. The van der Waals surface area contributed by atoms with E-state index in [9.17, 15) is 30.7 Å². The normalized spacial score (nSPS) is 10.9. The number of aromatic nitrogens is 6. The average molecular weight is 2340 g/mol. The Morgan fingerprint density at radius 2 is 0.591 bits per heavy atom. The van der Waals surface area contributed by atoms with Crippen molar-refractivity contribution in [1.29, 1.82) is 0 Å². The van der Waals surface area contributed by atoms with Crippen molar-refractivity contribution in [3.8, 4) is 123 Å². The van der Waals surface area contributed by atoms with Crippen molar-refractivity contribution in [2.45, 2.75) is 85.5 Å². The first-order valence-corrected chi connectivity index (χ1v) is 43.8. The number of rotatable bonds is 11. The van der Waals surface area contributed by atoms with Crippen LogP contribution in [0.3, 0.4) is 0 Å².